The maximum Gasteiger partial charge on any atom is 0.339 e. The van der Waals surface area contributed by atoms with Crippen LogP contribution in [-0.4, -0.2) is 42.6 Å². The number of rotatable bonds is 6. The van der Waals surface area contributed by atoms with Gasteiger partial charge in [-0.2, -0.15) is 0 Å². The van der Waals surface area contributed by atoms with Gasteiger partial charge in [0.15, 0.2) is 0 Å². The summed E-state index contributed by atoms with van der Waals surface area (Å²) < 4.78 is 10.8. The van der Waals surface area contributed by atoms with Crippen molar-refractivity contribution in [3.05, 3.63) is 27.3 Å². The Bertz CT molecular complexity index is 393. The van der Waals surface area contributed by atoms with Crippen molar-refractivity contribution in [3.8, 4) is 5.75 Å². The van der Waals surface area contributed by atoms with E-state index in [1.54, 1.807) is 12.1 Å². The van der Waals surface area contributed by atoms with E-state index in [0.717, 1.165) is 3.57 Å². The molecule has 17 heavy (non-hydrogen) atoms. The minimum atomic E-state index is -1.06. The Balaban J connectivity index is 2.73. The number of aromatic carboxylic acids is 1. The lowest BCUT2D eigenvalue weighted by Crippen LogP contribution is -2.23. The molecule has 1 aromatic rings. The molecule has 0 aromatic heterocycles. The molecule has 0 aliphatic carbocycles. The lowest BCUT2D eigenvalue weighted by molar-refractivity contribution is 0.0319. The Hall–Kier alpha value is -0.860. The number of ether oxygens (including phenoxy) is 2. The maximum atomic E-state index is 11.0. The van der Waals surface area contributed by atoms with E-state index >= 15 is 0 Å². The average molecular weight is 352 g/mol. The standard InChI is InChI=1S/C11H13IO5/c1-16-5-8(13)6-17-10-3-2-7(12)4-9(10)11(14)15/h2-4,8,13H,5-6H2,1H3,(H,14,15). The summed E-state index contributed by atoms with van der Waals surface area (Å²) in [5.41, 5.74) is 0.0847. The van der Waals surface area contributed by atoms with Crippen LogP contribution < -0.4 is 4.74 Å². The number of hydrogen-bond acceptors (Lipinski definition) is 4. The van der Waals surface area contributed by atoms with Crippen LogP contribution in [0.5, 0.6) is 5.75 Å². The number of hydrogen-bond donors (Lipinski definition) is 2. The monoisotopic (exact) mass is 352 g/mol. The third-order valence-corrected chi connectivity index (χ3v) is 2.63. The van der Waals surface area contributed by atoms with E-state index in [2.05, 4.69) is 0 Å². The molecule has 0 fully saturated rings. The first-order valence-corrected chi connectivity index (χ1v) is 5.95. The first kappa shape index (κ1) is 14.2. The highest BCUT2D eigenvalue weighted by Crippen LogP contribution is 2.21. The minimum Gasteiger partial charge on any atom is -0.490 e. The van der Waals surface area contributed by atoms with E-state index < -0.39 is 12.1 Å². The highest BCUT2D eigenvalue weighted by Gasteiger charge is 2.13. The van der Waals surface area contributed by atoms with E-state index in [9.17, 15) is 9.90 Å². The van der Waals surface area contributed by atoms with Gasteiger partial charge in [-0.15, -0.1) is 0 Å². The number of benzene rings is 1. The summed E-state index contributed by atoms with van der Waals surface area (Å²) in [4.78, 5) is 11.0. The second-order valence-electron chi connectivity index (χ2n) is 3.37. The summed E-state index contributed by atoms with van der Waals surface area (Å²) in [6.07, 6.45) is -0.777. The number of carbonyl (C=O) groups is 1. The van der Waals surface area contributed by atoms with Crippen molar-refractivity contribution in [3.63, 3.8) is 0 Å². The van der Waals surface area contributed by atoms with Crippen LogP contribution in [0.2, 0.25) is 0 Å². The fourth-order valence-corrected chi connectivity index (χ4v) is 1.71. The van der Waals surface area contributed by atoms with Crippen molar-refractivity contribution < 1.29 is 24.5 Å². The zero-order valence-corrected chi connectivity index (χ0v) is 11.4. The molecule has 0 amide bonds. The summed E-state index contributed by atoms with van der Waals surface area (Å²) in [5, 5.41) is 18.4. The predicted octanol–water partition coefficient (Wildman–Crippen LogP) is 1.38. The molecule has 0 aliphatic rings. The van der Waals surface area contributed by atoms with Crippen molar-refractivity contribution in [2.24, 2.45) is 0 Å². The lowest BCUT2D eigenvalue weighted by atomic mass is 10.2. The van der Waals surface area contributed by atoms with E-state index in [1.165, 1.54) is 13.2 Å². The Morgan fingerprint density at radius 2 is 2.18 bits per heavy atom. The second kappa shape index (κ2) is 6.77. The average Bonchev–Trinajstić information content (AvgIpc) is 2.27. The number of aliphatic hydroxyl groups excluding tert-OH is 1. The van der Waals surface area contributed by atoms with Gasteiger partial charge in [0.05, 0.1) is 6.61 Å². The minimum absolute atomic E-state index is 0.00525. The highest BCUT2D eigenvalue weighted by molar-refractivity contribution is 14.1. The van der Waals surface area contributed by atoms with Crippen LogP contribution in [-0.2, 0) is 4.74 Å². The highest BCUT2D eigenvalue weighted by atomic mass is 127. The summed E-state index contributed by atoms with van der Waals surface area (Å²) in [6.45, 7) is 0.140. The zero-order valence-electron chi connectivity index (χ0n) is 9.22. The molecule has 0 bridgehead atoms. The predicted molar refractivity (Wildman–Crippen MR) is 69.5 cm³/mol. The topological polar surface area (TPSA) is 76.0 Å². The van der Waals surface area contributed by atoms with E-state index in [1.807, 2.05) is 22.6 Å². The van der Waals surface area contributed by atoms with Crippen molar-refractivity contribution in [1.82, 2.24) is 0 Å². The van der Waals surface area contributed by atoms with Gasteiger partial charge >= 0.3 is 5.97 Å². The van der Waals surface area contributed by atoms with Crippen molar-refractivity contribution in [2.45, 2.75) is 6.10 Å². The van der Waals surface area contributed by atoms with Gasteiger partial charge in [0, 0.05) is 10.7 Å². The quantitative estimate of drug-likeness (QED) is 0.757. The van der Waals surface area contributed by atoms with Gasteiger partial charge in [0.1, 0.15) is 24.0 Å². The summed E-state index contributed by atoms with van der Waals surface area (Å²) in [7, 11) is 1.47. The molecule has 0 saturated heterocycles. The van der Waals surface area contributed by atoms with Crippen LogP contribution in [0.1, 0.15) is 10.4 Å². The van der Waals surface area contributed by atoms with E-state index in [0.29, 0.717) is 0 Å². The molecule has 94 valence electrons. The maximum absolute atomic E-state index is 11.0. The Kier molecular flexibility index (Phi) is 5.66. The van der Waals surface area contributed by atoms with Crippen molar-refractivity contribution >= 4 is 28.6 Å². The van der Waals surface area contributed by atoms with E-state index in [4.69, 9.17) is 14.6 Å². The van der Waals surface area contributed by atoms with Crippen LogP contribution in [0.4, 0.5) is 0 Å². The third-order valence-electron chi connectivity index (χ3n) is 1.96. The molecular weight excluding hydrogens is 339 g/mol. The molecule has 0 spiro atoms. The molecule has 2 N–H and O–H groups in total. The fraction of sp³-hybridized carbons (Fsp3) is 0.364. The summed E-state index contributed by atoms with van der Waals surface area (Å²) in [5.74, 6) is -0.812. The van der Waals surface area contributed by atoms with Crippen LogP contribution in [0, 0.1) is 3.57 Å². The molecule has 1 atom stereocenters. The van der Waals surface area contributed by atoms with Gasteiger partial charge in [-0.1, -0.05) is 0 Å². The van der Waals surface area contributed by atoms with Crippen LogP contribution in [0.15, 0.2) is 18.2 Å². The third kappa shape index (κ3) is 4.49. The zero-order chi connectivity index (χ0) is 12.8. The second-order valence-corrected chi connectivity index (χ2v) is 4.61. The Labute approximate surface area is 112 Å². The van der Waals surface area contributed by atoms with Gasteiger partial charge in [0.2, 0.25) is 0 Å². The molecule has 0 heterocycles. The normalized spacial score (nSPS) is 12.2. The molecule has 0 aliphatic heterocycles. The van der Waals surface area contributed by atoms with Gasteiger partial charge in [0.25, 0.3) is 0 Å². The first-order valence-electron chi connectivity index (χ1n) is 4.87. The van der Waals surface area contributed by atoms with Crippen LogP contribution in [0.3, 0.4) is 0 Å². The molecule has 0 saturated carbocycles. The summed E-state index contributed by atoms with van der Waals surface area (Å²) >= 11 is 2.02. The number of halogens is 1. The smallest absolute Gasteiger partial charge is 0.339 e. The SMILES string of the molecule is COCC(O)COc1ccc(I)cc1C(=O)O. The van der Waals surface area contributed by atoms with E-state index in [-0.39, 0.29) is 24.5 Å². The number of methoxy groups -OCH3 is 1. The molecule has 1 aromatic carbocycles. The fourth-order valence-electron chi connectivity index (χ4n) is 1.22. The van der Waals surface area contributed by atoms with Crippen molar-refractivity contribution in [2.75, 3.05) is 20.3 Å². The molecule has 1 unspecified atom stereocenters. The van der Waals surface area contributed by atoms with Crippen LogP contribution in [0.25, 0.3) is 0 Å². The Morgan fingerprint density at radius 3 is 2.76 bits per heavy atom. The molecule has 0 radical (unpaired) electrons. The molecule has 6 heteroatoms. The molecule has 1 rings (SSSR count). The summed E-state index contributed by atoms with van der Waals surface area (Å²) in [6, 6.07) is 4.83. The van der Waals surface area contributed by atoms with Gasteiger partial charge in [-0.25, -0.2) is 4.79 Å². The van der Waals surface area contributed by atoms with Gasteiger partial charge < -0.3 is 19.7 Å². The molecule has 5 nitrogen and oxygen atoms in total. The molecular formula is C11H13IO5. The number of aliphatic hydroxyl groups is 1. The Morgan fingerprint density at radius 1 is 1.47 bits per heavy atom. The van der Waals surface area contributed by atoms with Crippen LogP contribution >= 0.6 is 22.6 Å². The van der Waals surface area contributed by atoms with Gasteiger partial charge in [-0.3, -0.25) is 0 Å². The first-order chi connectivity index (χ1) is 8.04. The number of carboxylic acid groups (broad SMARTS) is 1. The number of carboxylic acids is 1. The largest absolute Gasteiger partial charge is 0.490 e. The lowest BCUT2D eigenvalue weighted by Gasteiger charge is -2.13. The van der Waals surface area contributed by atoms with Gasteiger partial charge in [-0.05, 0) is 40.8 Å². The van der Waals surface area contributed by atoms with Crippen molar-refractivity contribution in [1.29, 1.82) is 0 Å².